The Morgan fingerprint density at radius 1 is 1.22 bits per heavy atom. The molecule has 1 aromatic carbocycles. The highest BCUT2D eigenvalue weighted by Crippen LogP contribution is 2.11. The molecule has 2 atom stereocenters. The van der Waals surface area contributed by atoms with Gasteiger partial charge >= 0.3 is 0 Å². The maximum atomic E-state index is 9.70. The Balaban J connectivity index is 2.16. The fraction of sp³-hybridized carbons (Fsp3) is 0.571. The first-order chi connectivity index (χ1) is 8.61. The van der Waals surface area contributed by atoms with E-state index in [0.29, 0.717) is 13.1 Å². The van der Waals surface area contributed by atoms with Gasteiger partial charge in [0, 0.05) is 13.2 Å². The second kappa shape index (κ2) is 8.08. The summed E-state index contributed by atoms with van der Waals surface area (Å²) in [4.78, 5) is 0. The van der Waals surface area contributed by atoms with Crippen molar-refractivity contribution in [2.45, 2.75) is 20.0 Å². The van der Waals surface area contributed by atoms with Gasteiger partial charge in [0.05, 0.1) is 0 Å². The predicted octanol–water partition coefficient (Wildman–Crippen LogP) is 0.953. The zero-order valence-corrected chi connectivity index (χ0v) is 11.1. The van der Waals surface area contributed by atoms with Crippen molar-refractivity contribution in [2.75, 3.05) is 26.3 Å². The van der Waals surface area contributed by atoms with Crippen LogP contribution >= 0.6 is 0 Å². The molecule has 1 aromatic rings. The molecule has 4 heteroatoms. The molecule has 2 unspecified atom stereocenters. The molecule has 0 amide bonds. The molecule has 3 N–H and O–H groups in total. The van der Waals surface area contributed by atoms with Gasteiger partial charge in [0.1, 0.15) is 18.5 Å². The van der Waals surface area contributed by atoms with Gasteiger partial charge in [0.15, 0.2) is 0 Å². The van der Waals surface area contributed by atoms with Crippen LogP contribution in [0.2, 0.25) is 0 Å². The zero-order valence-electron chi connectivity index (χ0n) is 11.1. The van der Waals surface area contributed by atoms with E-state index < -0.39 is 6.10 Å². The van der Waals surface area contributed by atoms with Crippen LogP contribution in [0.1, 0.15) is 12.5 Å². The molecule has 0 fully saturated rings. The number of hydrogen-bond donors (Lipinski definition) is 3. The van der Waals surface area contributed by atoms with E-state index in [0.717, 1.165) is 5.75 Å². The first-order valence-corrected chi connectivity index (χ1v) is 6.31. The monoisotopic (exact) mass is 253 g/mol. The summed E-state index contributed by atoms with van der Waals surface area (Å²) in [5.74, 6) is 0.971. The molecular weight excluding hydrogens is 230 g/mol. The van der Waals surface area contributed by atoms with Crippen LogP contribution in [0.25, 0.3) is 0 Å². The van der Waals surface area contributed by atoms with Crippen LogP contribution in [-0.2, 0) is 0 Å². The smallest absolute Gasteiger partial charge is 0.119 e. The van der Waals surface area contributed by atoms with E-state index in [1.54, 1.807) is 0 Å². The van der Waals surface area contributed by atoms with Crippen molar-refractivity contribution < 1.29 is 14.9 Å². The summed E-state index contributed by atoms with van der Waals surface area (Å²) in [6.45, 7) is 5.55. The molecule has 1 rings (SSSR count). The quantitative estimate of drug-likeness (QED) is 0.645. The lowest BCUT2D eigenvalue weighted by molar-refractivity contribution is 0.104. The molecule has 0 saturated carbocycles. The average Bonchev–Trinajstić information content (AvgIpc) is 2.38. The first-order valence-electron chi connectivity index (χ1n) is 6.31. The van der Waals surface area contributed by atoms with Crippen LogP contribution < -0.4 is 10.1 Å². The number of hydrogen-bond acceptors (Lipinski definition) is 4. The third-order valence-corrected chi connectivity index (χ3v) is 2.65. The number of nitrogens with one attached hydrogen (secondary N) is 1. The van der Waals surface area contributed by atoms with E-state index in [9.17, 15) is 5.11 Å². The van der Waals surface area contributed by atoms with E-state index in [-0.39, 0.29) is 19.1 Å². The van der Waals surface area contributed by atoms with E-state index in [1.165, 1.54) is 5.56 Å². The van der Waals surface area contributed by atoms with Gasteiger partial charge in [-0.15, -0.1) is 0 Å². The number of ether oxygens (including phenoxy) is 1. The third-order valence-electron chi connectivity index (χ3n) is 2.65. The van der Waals surface area contributed by atoms with Crippen molar-refractivity contribution in [3.63, 3.8) is 0 Å². The first kappa shape index (κ1) is 15.0. The van der Waals surface area contributed by atoms with Crippen LogP contribution in [0.5, 0.6) is 5.75 Å². The molecule has 0 aliphatic heterocycles. The van der Waals surface area contributed by atoms with Crippen molar-refractivity contribution in [1.82, 2.24) is 5.32 Å². The summed E-state index contributed by atoms with van der Waals surface area (Å²) in [6.07, 6.45) is -0.544. The molecule has 4 nitrogen and oxygen atoms in total. The Kier molecular flexibility index (Phi) is 6.72. The van der Waals surface area contributed by atoms with Gasteiger partial charge in [0.2, 0.25) is 0 Å². The molecule has 0 bridgehead atoms. The van der Waals surface area contributed by atoms with E-state index in [4.69, 9.17) is 9.84 Å². The highest BCUT2D eigenvalue weighted by Gasteiger charge is 2.06. The lowest BCUT2D eigenvalue weighted by atomic mass is 10.2. The van der Waals surface area contributed by atoms with Gasteiger partial charge in [-0.05, 0) is 31.5 Å². The summed E-state index contributed by atoms with van der Waals surface area (Å²) in [7, 11) is 0. The normalized spacial score (nSPS) is 14.2. The van der Waals surface area contributed by atoms with Crippen molar-refractivity contribution in [2.24, 2.45) is 5.92 Å². The molecule has 0 aliphatic carbocycles. The van der Waals surface area contributed by atoms with Gasteiger partial charge in [0.25, 0.3) is 0 Å². The SMILES string of the molecule is Cc1ccc(OCC(O)CNCC(C)CO)cc1. The molecule has 0 aliphatic rings. The minimum Gasteiger partial charge on any atom is -0.491 e. The molecule has 0 spiro atoms. The molecular formula is C14H23NO3. The van der Waals surface area contributed by atoms with Crippen LogP contribution in [0.4, 0.5) is 0 Å². The van der Waals surface area contributed by atoms with Gasteiger partial charge in [-0.1, -0.05) is 24.6 Å². The maximum absolute atomic E-state index is 9.70. The zero-order chi connectivity index (χ0) is 13.4. The Morgan fingerprint density at radius 3 is 2.50 bits per heavy atom. The second-order valence-corrected chi connectivity index (χ2v) is 4.72. The number of rotatable bonds is 8. The standard InChI is InChI=1S/C14H23NO3/c1-11-3-5-14(6-4-11)18-10-13(17)8-15-7-12(2)9-16/h3-6,12-13,15-17H,7-10H2,1-2H3. The van der Waals surface area contributed by atoms with E-state index in [2.05, 4.69) is 5.32 Å². The van der Waals surface area contributed by atoms with E-state index in [1.807, 2.05) is 38.1 Å². The van der Waals surface area contributed by atoms with Crippen LogP contribution in [0, 0.1) is 12.8 Å². The highest BCUT2D eigenvalue weighted by atomic mass is 16.5. The molecule has 0 radical (unpaired) electrons. The minimum absolute atomic E-state index is 0.156. The summed E-state index contributed by atoms with van der Waals surface area (Å²) < 4.78 is 5.47. The number of benzene rings is 1. The predicted molar refractivity (Wildman–Crippen MR) is 71.8 cm³/mol. The van der Waals surface area contributed by atoms with Crippen molar-refractivity contribution in [3.8, 4) is 5.75 Å². The number of aliphatic hydroxyl groups excluding tert-OH is 2. The third kappa shape index (κ3) is 6.00. The Hall–Kier alpha value is -1.10. The lowest BCUT2D eigenvalue weighted by Gasteiger charge is -2.15. The van der Waals surface area contributed by atoms with Crippen molar-refractivity contribution in [3.05, 3.63) is 29.8 Å². The second-order valence-electron chi connectivity index (χ2n) is 4.72. The summed E-state index contributed by atoms with van der Waals surface area (Å²) >= 11 is 0. The fourth-order valence-corrected chi connectivity index (χ4v) is 1.45. The van der Waals surface area contributed by atoms with Gasteiger partial charge in [-0.25, -0.2) is 0 Å². The lowest BCUT2D eigenvalue weighted by Crippen LogP contribution is -2.34. The summed E-state index contributed by atoms with van der Waals surface area (Å²) in [5.41, 5.74) is 1.18. The molecule has 0 aromatic heterocycles. The topological polar surface area (TPSA) is 61.7 Å². The fourth-order valence-electron chi connectivity index (χ4n) is 1.45. The molecule has 18 heavy (non-hydrogen) atoms. The molecule has 102 valence electrons. The van der Waals surface area contributed by atoms with Gasteiger partial charge in [-0.3, -0.25) is 0 Å². The van der Waals surface area contributed by atoms with Crippen molar-refractivity contribution in [1.29, 1.82) is 0 Å². The van der Waals surface area contributed by atoms with Crippen molar-refractivity contribution >= 4 is 0 Å². The van der Waals surface area contributed by atoms with Crippen LogP contribution in [-0.4, -0.2) is 42.6 Å². The maximum Gasteiger partial charge on any atom is 0.119 e. The van der Waals surface area contributed by atoms with E-state index >= 15 is 0 Å². The number of aliphatic hydroxyl groups is 2. The average molecular weight is 253 g/mol. The van der Waals surface area contributed by atoms with Gasteiger partial charge in [-0.2, -0.15) is 0 Å². The molecule has 0 heterocycles. The van der Waals surface area contributed by atoms with Crippen LogP contribution in [0.3, 0.4) is 0 Å². The summed E-state index contributed by atoms with van der Waals surface area (Å²) in [6, 6.07) is 7.73. The Bertz CT molecular complexity index is 326. The number of aryl methyl sites for hydroxylation is 1. The minimum atomic E-state index is -0.544. The summed E-state index contributed by atoms with van der Waals surface area (Å²) in [5, 5.41) is 21.6. The van der Waals surface area contributed by atoms with Crippen LogP contribution in [0.15, 0.2) is 24.3 Å². The Morgan fingerprint density at radius 2 is 1.89 bits per heavy atom. The molecule has 0 saturated heterocycles. The largest absolute Gasteiger partial charge is 0.491 e. The highest BCUT2D eigenvalue weighted by molar-refractivity contribution is 5.26. The van der Waals surface area contributed by atoms with Gasteiger partial charge < -0.3 is 20.3 Å². The Labute approximate surface area is 109 Å².